The number of halogens is 1. The van der Waals surface area contributed by atoms with Crippen LogP contribution in [0.15, 0.2) is 22.5 Å². The second-order valence-electron chi connectivity index (χ2n) is 4.26. The van der Waals surface area contributed by atoms with Crippen LogP contribution in [0.4, 0.5) is 15.8 Å². The van der Waals surface area contributed by atoms with Gasteiger partial charge < -0.3 is 5.32 Å². The number of nitro benzene ring substituents is 1. The highest BCUT2D eigenvalue weighted by Crippen LogP contribution is 2.27. The molecule has 1 amide bonds. The number of anilines is 1. The summed E-state index contributed by atoms with van der Waals surface area (Å²) in [6.07, 6.45) is 0. The van der Waals surface area contributed by atoms with Crippen LogP contribution in [-0.4, -0.2) is 26.3 Å². The molecule has 0 radical (unpaired) electrons. The average Bonchev–Trinajstić information content (AvgIpc) is 2.85. The van der Waals surface area contributed by atoms with E-state index in [0.29, 0.717) is 4.34 Å². The molecule has 1 N–H and O–H groups in total. The molecular weight excluding hydrogens is 331 g/mol. The number of aryl methyl sites for hydroxylation is 1. The molecule has 0 fully saturated rings. The van der Waals surface area contributed by atoms with Gasteiger partial charge in [0.1, 0.15) is 5.01 Å². The standard InChI is InChI=1S/C12H11FN4O3S2/c1-6(21-12-16-15-7(2)22-12)11(18)14-8-3-4-9(13)10(5-8)17(19)20/h3-6H,1-2H3,(H,14,18). The van der Waals surface area contributed by atoms with Crippen LogP contribution >= 0.6 is 23.1 Å². The fraction of sp³-hybridized carbons (Fsp3) is 0.250. The van der Waals surface area contributed by atoms with E-state index in [1.54, 1.807) is 6.92 Å². The largest absolute Gasteiger partial charge is 0.325 e. The van der Waals surface area contributed by atoms with Crippen molar-refractivity contribution in [1.29, 1.82) is 0 Å². The van der Waals surface area contributed by atoms with Gasteiger partial charge in [-0.05, 0) is 26.0 Å². The maximum atomic E-state index is 13.2. The second-order valence-corrected chi connectivity index (χ2v) is 7.03. The molecule has 1 aromatic carbocycles. The van der Waals surface area contributed by atoms with Gasteiger partial charge in [-0.25, -0.2) is 0 Å². The van der Waals surface area contributed by atoms with E-state index in [4.69, 9.17) is 0 Å². The predicted octanol–water partition coefficient (Wildman–Crippen LogP) is 3.01. The zero-order valence-electron chi connectivity index (χ0n) is 11.6. The summed E-state index contributed by atoms with van der Waals surface area (Å²) in [5, 5.41) is 21.3. The fourth-order valence-corrected chi connectivity index (χ4v) is 3.46. The summed E-state index contributed by atoms with van der Waals surface area (Å²) in [7, 11) is 0. The van der Waals surface area contributed by atoms with Gasteiger partial charge in [-0.3, -0.25) is 14.9 Å². The Morgan fingerprint density at radius 1 is 1.50 bits per heavy atom. The quantitative estimate of drug-likeness (QED) is 0.509. The normalized spacial score (nSPS) is 12.0. The van der Waals surface area contributed by atoms with E-state index in [9.17, 15) is 19.3 Å². The van der Waals surface area contributed by atoms with Crippen molar-refractivity contribution < 1.29 is 14.1 Å². The molecule has 0 saturated heterocycles. The zero-order chi connectivity index (χ0) is 16.3. The summed E-state index contributed by atoms with van der Waals surface area (Å²) < 4.78 is 13.9. The number of benzene rings is 1. The van der Waals surface area contributed by atoms with Gasteiger partial charge in [-0.1, -0.05) is 23.1 Å². The number of aromatic nitrogens is 2. The van der Waals surface area contributed by atoms with E-state index in [2.05, 4.69) is 15.5 Å². The van der Waals surface area contributed by atoms with Crippen LogP contribution in [0, 0.1) is 22.9 Å². The summed E-state index contributed by atoms with van der Waals surface area (Å²) in [5.74, 6) is -1.31. The Balaban J connectivity index is 2.05. The second kappa shape index (κ2) is 6.79. The SMILES string of the molecule is Cc1nnc(SC(C)C(=O)Nc2ccc(F)c([N+](=O)[O-])c2)s1. The molecule has 0 aliphatic rings. The predicted molar refractivity (Wildman–Crippen MR) is 81.6 cm³/mol. The summed E-state index contributed by atoms with van der Waals surface area (Å²) in [4.78, 5) is 21.9. The number of nitrogens with zero attached hydrogens (tertiary/aromatic N) is 3. The first-order chi connectivity index (χ1) is 10.4. The number of hydrogen-bond acceptors (Lipinski definition) is 7. The number of carbonyl (C=O) groups is 1. The van der Waals surface area contributed by atoms with Gasteiger partial charge >= 0.3 is 5.69 Å². The van der Waals surface area contributed by atoms with Gasteiger partial charge in [-0.2, -0.15) is 4.39 Å². The van der Waals surface area contributed by atoms with Gasteiger partial charge in [-0.15, -0.1) is 10.2 Å². The maximum absolute atomic E-state index is 13.2. The number of nitrogens with one attached hydrogen (secondary N) is 1. The number of carbonyl (C=O) groups excluding carboxylic acids is 1. The van der Waals surface area contributed by atoms with Gasteiger partial charge in [0.15, 0.2) is 4.34 Å². The van der Waals surface area contributed by atoms with Gasteiger partial charge in [0, 0.05) is 11.8 Å². The Morgan fingerprint density at radius 2 is 2.23 bits per heavy atom. The van der Waals surface area contributed by atoms with Crippen LogP contribution in [-0.2, 0) is 4.79 Å². The summed E-state index contributed by atoms with van der Waals surface area (Å²) in [5.41, 5.74) is -0.517. The molecule has 22 heavy (non-hydrogen) atoms. The van der Waals surface area contributed by atoms with Crippen molar-refractivity contribution >= 4 is 40.4 Å². The molecule has 0 spiro atoms. The number of thioether (sulfide) groups is 1. The lowest BCUT2D eigenvalue weighted by atomic mass is 10.2. The smallest absolute Gasteiger partial charge is 0.306 e. The van der Waals surface area contributed by atoms with Gasteiger partial charge in [0.2, 0.25) is 11.7 Å². The first-order valence-electron chi connectivity index (χ1n) is 6.08. The van der Waals surface area contributed by atoms with Crippen molar-refractivity contribution in [2.24, 2.45) is 0 Å². The van der Waals surface area contributed by atoms with E-state index in [-0.39, 0.29) is 11.6 Å². The van der Waals surface area contributed by atoms with E-state index in [1.807, 2.05) is 6.92 Å². The Labute approximate surface area is 133 Å². The highest BCUT2D eigenvalue weighted by atomic mass is 32.2. The zero-order valence-corrected chi connectivity index (χ0v) is 13.2. The minimum atomic E-state index is -0.949. The highest BCUT2D eigenvalue weighted by Gasteiger charge is 2.19. The maximum Gasteiger partial charge on any atom is 0.306 e. The van der Waals surface area contributed by atoms with Crippen molar-refractivity contribution in [2.45, 2.75) is 23.4 Å². The van der Waals surface area contributed by atoms with Crippen molar-refractivity contribution in [1.82, 2.24) is 10.2 Å². The molecule has 1 aromatic heterocycles. The molecule has 2 rings (SSSR count). The lowest BCUT2D eigenvalue weighted by Crippen LogP contribution is -2.22. The Bertz CT molecular complexity index is 722. The summed E-state index contributed by atoms with van der Waals surface area (Å²) in [6.45, 7) is 3.48. The summed E-state index contributed by atoms with van der Waals surface area (Å²) in [6, 6.07) is 3.20. The topological polar surface area (TPSA) is 98.0 Å². The highest BCUT2D eigenvalue weighted by molar-refractivity contribution is 8.02. The lowest BCUT2D eigenvalue weighted by Gasteiger charge is -2.10. The van der Waals surface area contributed by atoms with E-state index < -0.39 is 21.7 Å². The number of rotatable bonds is 5. The van der Waals surface area contributed by atoms with Crippen LogP contribution in [0.25, 0.3) is 0 Å². The number of hydrogen-bond donors (Lipinski definition) is 1. The molecule has 2 aromatic rings. The third-order valence-corrected chi connectivity index (χ3v) is 4.59. The Morgan fingerprint density at radius 3 is 2.82 bits per heavy atom. The van der Waals surface area contributed by atoms with Crippen molar-refractivity contribution in [3.8, 4) is 0 Å². The van der Waals surface area contributed by atoms with Crippen LogP contribution in [0.5, 0.6) is 0 Å². The molecule has 0 bridgehead atoms. The first-order valence-corrected chi connectivity index (χ1v) is 7.78. The molecule has 1 heterocycles. The van der Waals surface area contributed by atoms with Gasteiger partial charge in [0.25, 0.3) is 0 Å². The first kappa shape index (κ1) is 16.3. The third-order valence-electron chi connectivity index (χ3n) is 2.56. The molecule has 7 nitrogen and oxygen atoms in total. The van der Waals surface area contributed by atoms with E-state index in [0.717, 1.165) is 17.1 Å². The monoisotopic (exact) mass is 342 g/mol. The van der Waals surface area contributed by atoms with Crippen LogP contribution in [0.1, 0.15) is 11.9 Å². The molecular formula is C12H11FN4O3S2. The molecule has 0 saturated carbocycles. The molecule has 10 heteroatoms. The Kier molecular flexibility index (Phi) is 5.03. The lowest BCUT2D eigenvalue weighted by molar-refractivity contribution is -0.387. The van der Waals surface area contributed by atoms with Crippen LogP contribution in [0.2, 0.25) is 0 Å². The van der Waals surface area contributed by atoms with Crippen LogP contribution < -0.4 is 5.32 Å². The third kappa shape index (κ3) is 3.98. The molecule has 1 atom stereocenters. The van der Waals surface area contributed by atoms with Crippen molar-refractivity contribution in [3.63, 3.8) is 0 Å². The minimum absolute atomic E-state index is 0.166. The minimum Gasteiger partial charge on any atom is -0.325 e. The number of amides is 1. The van der Waals surface area contributed by atoms with E-state index in [1.165, 1.54) is 29.2 Å². The molecule has 0 aliphatic carbocycles. The number of nitro groups is 1. The Hall–Kier alpha value is -2.07. The average molecular weight is 342 g/mol. The molecule has 0 aliphatic heterocycles. The fourth-order valence-electron chi connectivity index (χ4n) is 1.51. The molecule has 116 valence electrons. The van der Waals surface area contributed by atoms with Crippen molar-refractivity contribution in [2.75, 3.05) is 5.32 Å². The van der Waals surface area contributed by atoms with E-state index >= 15 is 0 Å². The molecule has 1 unspecified atom stereocenters. The van der Waals surface area contributed by atoms with Crippen LogP contribution in [0.3, 0.4) is 0 Å². The van der Waals surface area contributed by atoms with Gasteiger partial charge in [0.05, 0.1) is 10.2 Å². The summed E-state index contributed by atoms with van der Waals surface area (Å²) >= 11 is 2.60. The van der Waals surface area contributed by atoms with Crippen molar-refractivity contribution in [3.05, 3.63) is 39.1 Å².